The molecule has 2 aromatic rings. The number of anilines is 1. The topological polar surface area (TPSA) is 82.3 Å². The number of nitrogens with zero attached hydrogens (tertiary/aromatic N) is 5. The van der Waals surface area contributed by atoms with Gasteiger partial charge >= 0.3 is 0 Å². The number of fused-ring (bicyclic) bond motifs is 1. The molecule has 1 aromatic carbocycles. The highest BCUT2D eigenvalue weighted by atomic mass is 19.1. The van der Waals surface area contributed by atoms with Gasteiger partial charge in [-0.3, -0.25) is 4.79 Å². The minimum atomic E-state index is -0.203. The number of amides is 1. The molecule has 5 rings (SSSR count). The van der Waals surface area contributed by atoms with Crippen LogP contribution in [0.15, 0.2) is 18.2 Å². The van der Waals surface area contributed by atoms with Gasteiger partial charge in [-0.05, 0) is 43.4 Å². The molecule has 2 aliphatic heterocycles. The van der Waals surface area contributed by atoms with Crippen LogP contribution in [0.1, 0.15) is 60.8 Å². The predicted molar refractivity (Wildman–Crippen MR) is 111 cm³/mol. The minimum absolute atomic E-state index is 0.0472. The Bertz CT molecular complexity index is 1090. The Kier molecular flexibility index (Phi) is 4.77. The Morgan fingerprint density at radius 1 is 1.32 bits per heavy atom. The van der Waals surface area contributed by atoms with Gasteiger partial charge in [0.15, 0.2) is 0 Å². The van der Waals surface area contributed by atoms with Crippen LogP contribution in [0.3, 0.4) is 0 Å². The molecule has 8 heteroatoms. The van der Waals surface area contributed by atoms with Crippen molar-refractivity contribution in [3.63, 3.8) is 0 Å². The highest BCUT2D eigenvalue weighted by Crippen LogP contribution is 2.42. The first-order valence-electron chi connectivity index (χ1n) is 10.7. The summed E-state index contributed by atoms with van der Waals surface area (Å²) in [6, 6.07) is 7.27. The number of ether oxygens (including phenoxy) is 1. The summed E-state index contributed by atoms with van der Waals surface area (Å²) in [5, 5.41) is 9.13. The zero-order chi connectivity index (χ0) is 21.7. The fourth-order valence-corrected chi connectivity index (χ4v) is 4.71. The summed E-state index contributed by atoms with van der Waals surface area (Å²) < 4.78 is 19.7. The maximum Gasteiger partial charge on any atom is 0.235 e. The number of carbonyl (C=O) groups excluding carboxylic acids is 1. The molecule has 1 amide bonds. The average Bonchev–Trinajstić information content (AvgIpc) is 3.52. The number of carbonyl (C=O) groups is 1. The van der Waals surface area contributed by atoms with Gasteiger partial charge < -0.3 is 14.5 Å². The van der Waals surface area contributed by atoms with Crippen LogP contribution < -0.4 is 9.64 Å². The van der Waals surface area contributed by atoms with Crippen molar-refractivity contribution in [1.29, 1.82) is 5.26 Å². The van der Waals surface area contributed by atoms with E-state index in [1.54, 1.807) is 11.0 Å². The number of aromatic nitrogens is 2. The normalized spacial score (nSPS) is 20.3. The van der Waals surface area contributed by atoms with E-state index in [2.05, 4.69) is 14.9 Å². The molecule has 3 heterocycles. The van der Waals surface area contributed by atoms with E-state index in [-0.39, 0.29) is 29.5 Å². The fourth-order valence-electron chi connectivity index (χ4n) is 4.71. The van der Waals surface area contributed by atoms with Crippen LogP contribution in [0.25, 0.3) is 0 Å². The lowest BCUT2D eigenvalue weighted by Crippen LogP contribution is -2.48. The average molecular weight is 421 g/mol. The molecule has 160 valence electrons. The van der Waals surface area contributed by atoms with E-state index in [0.717, 1.165) is 42.7 Å². The second-order valence-corrected chi connectivity index (χ2v) is 8.68. The van der Waals surface area contributed by atoms with E-state index >= 15 is 0 Å². The van der Waals surface area contributed by atoms with Gasteiger partial charge in [0.05, 0.1) is 31.0 Å². The van der Waals surface area contributed by atoms with Gasteiger partial charge in [0.2, 0.25) is 17.6 Å². The molecule has 1 saturated heterocycles. The summed E-state index contributed by atoms with van der Waals surface area (Å²) in [7, 11) is 1.50. The molecule has 0 N–H and O–H groups in total. The monoisotopic (exact) mass is 421 g/mol. The quantitative estimate of drug-likeness (QED) is 0.737. The third-order valence-electron chi connectivity index (χ3n) is 6.60. The Labute approximate surface area is 180 Å². The summed E-state index contributed by atoms with van der Waals surface area (Å²) >= 11 is 0. The Balaban J connectivity index is 1.21. The Morgan fingerprint density at radius 3 is 2.74 bits per heavy atom. The first-order valence-corrected chi connectivity index (χ1v) is 10.7. The van der Waals surface area contributed by atoms with Crippen molar-refractivity contribution in [1.82, 2.24) is 14.9 Å². The van der Waals surface area contributed by atoms with Gasteiger partial charge in [0.1, 0.15) is 11.9 Å². The van der Waals surface area contributed by atoms with E-state index in [9.17, 15) is 9.18 Å². The maximum absolute atomic E-state index is 14.3. The van der Waals surface area contributed by atoms with Gasteiger partial charge in [0.25, 0.3) is 0 Å². The predicted octanol–water partition coefficient (Wildman–Crippen LogP) is 3.30. The van der Waals surface area contributed by atoms with Crippen LogP contribution in [0.4, 0.5) is 10.1 Å². The summed E-state index contributed by atoms with van der Waals surface area (Å²) in [6.07, 6.45) is 2.59. The van der Waals surface area contributed by atoms with E-state index in [1.807, 2.05) is 25.1 Å². The Morgan fingerprint density at radius 2 is 2.10 bits per heavy atom. The summed E-state index contributed by atoms with van der Waals surface area (Å²) in [5.74, 6) is 0.968. The second-order valence-electron chi connectivity index (χ2n) is 8.68. The first-order chi connectivity index (χ1) is 15.0. The minimum Gasteiger partial charge on any atom is -0.481 e. The zero-order valence-corrected chi connectivity index (χ0v) is 17.6. The summed E-state index contributed by atoms with van der Waals surface area (Å²) in [5.41, 5.74) is 3.16. The van der Waals surface area contributed by atoms with Crippen molar-refractivity contribution in [3.8, 4) is 11.9 Å². The second kappa shape index (κ2) is 7.49. The van der Waals surface area contributed by atoms with E-state index in [0.29, 0.717) is 30.5 Å². The SMILES string of the molecule is COc1nc(C#N)nc2c1C(C)N(C(=O)CC1CN(c3ccc(C4CC4)c(F)c3)C1)C2. The molecule has 1 aromatic heterocycles. The van der Waals surface area contributed by atoms with Crippen LogP contribution in [0, 0.1) is 23.1 Å². The van der Waals surface area contributed by atoms with Crippen molar-refractivity contribution in [2.24, 2.45) is 5.92 Å². The van der Waals surface area contributed by atoms with Crippen LogP contribution in [-0.4, -0.2) is 41.0 Å². The first kappa shape index (κ1) is 19.7. The van der Waals surface area contributed by atoms with Gasteiger partial charge in [-0.2, -0.15) is 10.2 Å². The maximum atomic E-state index is 14.3. The van der Waals surface area contributed by atoms with E-state index < -0.39 is 0 Å². The lowest BCUT2D eigenvalue weighted by Gasteiger charge is -2.41. The fraction of sp³-hybridized carbons (Fsp3) is 0.478. The van der Waals surface area contributed by atoms with Crippen molar-refractivity contribution in [2.45, 2.75) is 44.7 Å². The van der Waals surface area contributed by atoms with E-state index in [1.165, 1.54) is 7.11 Å². The van der Waals surface area contributed by atoms with Gasteiger partial charge in [-0.25, -0.2) is 9.37 Å². The summed E-state index contributed by atoms with van der Waals surface area (Å²) in [6.45, 7) is 3.77. The standard InChI is InChI=1S/C23H24FN5O2/c1-13-22-19(26-20(9-25)27-23(22)31-2)12-29(13)21(30)7-14-10-28(11-14)16-5-6-17(15-3-4-15)18(24)8-16/h5-6,8,13-15H,3-4,7,10-12H2,1-2H3. The van der Waals surface area contributed by atoms with Gasteiger partial charge in [-0.1, -0.05) is 6.07 Å². The molecule has 1 saturated carbocycles. The largest absolute Gasteiger partial charge is 0.481 e. The number of benzene rings is 1. The molecule has 31 heavy (non-hydrogen) atoms. The summed E-state index contributed by atoms with van der Waals surface area (Å²) in [4.78, 5) is 25.3. The molecular formula is C23H24FN5O2. The Hall–Kier alpha value is -3.21. The van der Waals surface area contributed by atoms with Crippen molar-refractivity contribution in [2.75, 3.05) is 25.1 Å². The van der Waals surface area contributed by atoms with E-state index in [4.69, 9.17) is 10.00 Å². The molecule has 1 unspecified atom stereocenters. The molecule has 1 atom stereocenters. The third kappa shape index (κ3) is 3.48. The molecule has 0 radical (unpaired) electrons. The molecule has 0 bridgehead atoms. The van der Waals surface area contributed by atoms with Crippen molar-refractivity contribution < 1.29 is 13.9 Å². The number of nitriles is 1. The number of hydrogen-bond acceptors (Lipinski definition) is 6. The molecule has 3 aliphatic rings. The van der Waals surface area contributed by atoms with Crippen LogP contribution >= 0.6 is 0 Å². The zero-order valence-electron chi connectivity index (χ0n) is 17.6. The smallest absolute Gasteiger partial charge is 0.235 e. The molecule has 0 spiro atoms. The van der Waals surface area contributed by atoms with Crippen molar-refractivity contribution >= 4 is 11.6 Å². The molecule has 7 nitrogen and oxygen atoms in total. The van der Waals surface area contributed by atoms with Crippen LogP contribution in [0.5, 0.6) is 5.88 Å². The van der Waals surface area contributed by atoms with Gasteiger partial charge in [-0.15, -0.1) is 0 Å². The third-order valence-corrected chi connectivity index (χ3v) is 6.60. The number of rotatable bonds is 5. The molecule has 2 fully saturated rings. The molecular weight excluding hydrogens is 397 g/mol. The highest BCUT2D eigenvalue weighted by molar-refractivity contribution is 5.78. The van der Waals surface area contributed by atoms with Crippen LogP contribution in [0.2, 0.25) is 0 Å². The van der Waals surface area contributed by atoms with Crippen LogP contribution in [-0.2, 0) is 11.3 Å². The number of methoxy groups -OCH3 is 1. The van der Waals surface area contributed by atoms with Crippen molar-refractivity contribution in [3.05, 3.63) is 46.7 Å². The van der Waals surface area contributed by atoms with Gasteiger partial charge in [0, 0.05) is 31.1 Å². The molecule has 1 aliphatic carbocycles. The lowest BCUT2D eigenvalue weighted by atomic mass is 9.94. The number of halogens is 1. The number of hydrogen-bond donors (Lipinski definition) is 0. The lowest BCUT2D eigenvalue weighted by molar-refractivity contribution is -0.134. The highest BCUT2D eigenvalue weighted by Gasteiger charge is 2.38.